The fourth-order valence-electron chi connectivity index (χ4n) is 2.41. The van der Waals surface area contributed by atoms with Gasteiger partial charge < -0.3 is 14.2 Å². The van der Waals surface area contributed by atoms with Crippen molar-refractivity contribution in [2.24, 2.45) is 0 Å². The Kier molecular flexibility index (Phi) is 5.80. The first kappa shape index (κ1) is 17.4. The number of methoxy groups -OCH3 is 3. The molecule has 0 aliphatic carbocycles. The number of nitrogens with zero attached hydrogens (tertiary/aromatic N) is 1. The third kappa shape index (κ3) is 3.85. The van der Waals surface area contributed by atoms with Crippen molar-refractivity contribution in [3.05, 3.63) is 53.6 Å². The molecule has 0 aromatic heterocycles. The average molecular weight is 325 g/mol. The van der Waals surface area contributed by atoms with Crippen molar-refractivity contribution in [2.45, 2.75) is 12.3 Å². The van der Waals surface area contributed by atoms with E-state index in [1.807, 2.05) is 0 Å². The fraction of sp³-hybridized carbons (Fsp3) is 0.263. The highest BCUT2D eigenvalue weighted by molar-refractivity contribution is 5.97. The topological polar surface area (TPSA) is 68.6 Å². The molecule has 24 heavy (non-hydrogen) atoms. The minimum Gasteiger partial charge on any atom is -0.497 e. The van der Waals surface area contributed by atoms with E-state index < -0.39 is 5.92 Å². The molecule has 0 bridgehead atoms. The Balaban J connectivity index is 2.22. The lowest BCUT2D eigenvalue weighted by molar-refractivity contribution is 0.0979. The lowest BCUT2D eigenvalue weighted by atomic mass is 9.92. The summed E-state index contributed by atoms with van der Waals surface area (Å²) in [4.78, 5) is 12.5. The van der Waals surface area contributed by atoms with Gasteiger partial charge in [0.25, 0.3) is 0 Å². The highest BCUT2D eigenvalue weighted by atomic mass is 16.5. The molecule has 0 saturated heterocycles. The molecule has 0 radical (unpaired) electrons. The fourth-order valence-corrected chi connectivity index (χ4v) is 2.41. The Morgan fingerprint density at radius 3 is 2.17 bits per heavy atom. The Labute approximate surface area is 141 Å². The van der Waals surface area contributed by atoms with E-state index in [2.05, 4.69) is 6.07 Å². The predicted octanol–water partition coefficient (Wildman–Crippen LogP) is 3.59. The number of hydrogen-bond donors (Lipinski definition) is 0. The first-order chi connectivity index (χ1) is 11.6. The van der Waals surface area contributed by atoms with E-state index in [1.54, 1.807) is 56.7 Å². The Morgan fingerprint density at radius 2 is 1.62 bits per heavy atom. The van der Waals surface area contributed by atoms with Gasteiger partial charge in [-0.05, 0) is 30.3 Å². The largest absolute Gasteiger partial charge is 0.497 e. The number of ketones is 1. The molecule has 2 aromatic rings. The van der Waals surface area contributed by atoms with Gasteiger partial charge in [0.1, 0.15) is 17.2 Å². The van der Waals surface area contributed by atoms with Crippen LogP contribution in [-0.4, -0.2) is 27.1 Å². The van der Waals surface area contributed by atoms with Crippen LogP contribution in [0.3, 0.4) is 0 Å². The number of carbonyl (C=O) groups excluding carboxylic acids is 1. The monoisotopic (exact) mass is 325 g/mol. The first-order valence-corrected chi connectivity index (χ1v) is 7.41. The van der Waals surface area contributed by atoms with E-state index >= 15 is 0 Å². The number of Topliss-reactive ketones (excluding diaryl/α,β-unsaturated/α-hetero) is 1. The van der Waals surface area contributed by atoms with Crippen LogP contribution in [-0.2, 0) is 0 Å². The summed E-state index contributed by atoms with van der Waals surface area (Å²) in [6.07, 6.45) is 0.0749. The second-order valence-electron chi connectivity index (χ2n) is 5.15. The lowest BCUT2D eigenvalue weighted by Gasteiger charge is -2.14. The van der Waals surface area contributed by atoms with Gasteiger partial charge in [0, 0.05) is 23.6 Å². The van der Waals surface area contributed by atoms with Gasteiger partial charge in [-0.25, -0.2) is 0 Å². The van der Waals surface area contributed by atoms with E-state index in [4.69, 9.17) is 14.2 Å². The van der Waals surface area contributed by atoms with Crippen molar-refractivity contribution in [1.29, 1.82) is 5.26 Å². The van der Waals surface area contributed by atoms with Crippen molar-refractivity contribution in [3.8, 4) is 23.3 Å². The van der Waals surface area contributed by atoms with Crippen molar-refractivity contribution < 1.29 is 19.0 Å². The smallest absolute Gasteiger partial charge is 0.164 e. The number of hydrogen-bond acceptors (Lipinski definition) is 5. The van der Waals surface area contributed by atoms with E-state index in [9.17, 15) is 10.1 Å². The summed E-state index contributed by atoms with van der Waals surface area (Å²) in [5.74, 6) is 1.14. The molecule has 0 aliphatic heterocycles. The zero-order valence-corrected chi connectivity index (χ0v) is 13.9. The predicted molar refractivity (Wildman–Crippen MR) is 89.8 cm³/mol. The number of benzene rings is 2. The van der Waals surface area contributed by atoms with Crippen molar-refractivity contribution in [3.63, 3.8) is 0 Å². The molecule has 2 aromatic carbocycles. The van der Waals surface area contributed by atoms with Gasteiger partial charge in [-0.2, -0.15) is 5.26 Å². The first-order valence-electron chi connectivity index (χ1n) is 7.41. The van der Waals surface area contributed by atoms with Gasteiger partial charge in [0.05, 0.1) is 33.3 Å². The van der Waals surface area contributed by atoms with Gasteiger partial charge >= 0.3 is 0 Å². The lowest BCUT2D eigenvalue weighted by Crippen LogP contribution is -2.08. The van der Waals surface area contributed by atoms with Crippen LogP contribution in [0.1, 0.15) is 28.3 Å². The SMILES string of the molecule is COc1ccc(C(=O)C[C@@H](C#N)c2ccc(OC)cc2OC)cc1. The Hall–Kier alpha value is -3.00. The van der Waals surface area contributed by atoms with E-state index in [1.165, 1.54) is 7.11 Å². The second-order valence-corrected chi connectivity index (χ2v) is 5.15. The van der Waals surface area contributed by atoms with Crippen LogP contribution in [0.5, 0.6) is 17.2 Å². The van der Waals surface area contributed by atoms with Gasteiger partial charge in [0.15, 0.2) is 5.78 Å². The van der Waals surface area contributed by atoms with Crippen molar-refractivity contribution in [2.75, 3.05) is 21.3 Å². The van der Waals surface area contributed by atoms with Crippen LogP contribution >= 0.6 is 0 Å². The molecule has 0 spiro atoms. The molecule has 5 nitrogen and oxygen atoms in total. The quantitative estimate of drug-likeness (QED) is 0.728. The number of ether oxygens (including phenoxy) is 3. The third-order valence-electron chi connectivity index (χ3n) is 3.77. The van der Waals surface area contributed by atoms with Crippen LogP contribution in [0, 0.1) is 11.3 Å². The van der Waals surface area contributed by atoms with Crippen LogP contribution < -0.4 is 14.2 Å². The highest BCUT2D eigenvalue weighted by Gasteiger charge is 2.21. The van der Waals surface area contributed by atoms with Crippen molar-refractivity contribution >= 4 is 5.78 Å². The molecule has 0 heterocycles. The van der Waals surface area contributed by atoms with Gasteiger partial charge in [-0.15, -0.1) is 0 Å². The zero-order valence-electron chi connectivity index (χ0n) is 13.9. The van der Waals surface area contributed by atoms with Crippen LogP contribution in [0.2, 0.25) is 0 Å². The number of nitriles is 1. The third-order valence-corrected chi connectivity index (χ3v) is 3.77. The summed E-state index contributed by atoms with van der Waals surface area (Å²) in [5.41, 5.74) is 1.21. The second kappa shape index (κ2) is 8.02. The maximum absolute atomic E-state index is 12.5. The number of rotatable bonds is 7. The average Bonchev–Trinajstić information content (AvgIpc) is 2.65. The van der Waals surface area contributed by atoms with E-state index in [0.717, 1.165) is 0 Å². The van der Waals surface area contributed by atoms with Crippen molar-refractivity contribution in [1.82, 2.24) is 0 Å². The van der Waals surface area contributed by atoms with Gasteiger partial charge in [-0.3, -0.25) is 4.79 Å². The maximum atomic E-state index is 12.5. The minimum atomic E-state index is -0.597. The summed E-state index contributed by atoms with van der Waals surface area (Å²) in [5, 5.41) is 9.49. The summed E-state index contributed by atoms with van der Waals surface area (Å²) >= 11 is 0. The Morgan fingerprint density at radius 1 is 1.00 bits per heavy atom. The van der Waals surface area contributed by atoms with E-state index in [-0.39, 0.29) is 12.2 Å². The van der Waals surface area contributed by atoms with Crippen LogP contribution in [0.4, 0.5) is 0 Å². The summed E-state index contributed by atoms with van der Waals surface area (Å²) < 4.78 is 15.6. The molecule has 0 fully saturated rings. The normalized spacial score (nSPS) is 11.2. The minimum absolute atomic E-state index is 0.0749. The van der Waals surface area contributed by atoms with E-state index in [0.29, 0.717) is 28.4 Å². The molecule has 5 heteroatoms. The Bertz CT molecular complexity index is 747. The molecule has 124 valence electrons. The standard InChI is InChI=1S/C19H19NO4/c1-22-15-6-4-13(5-7-15)18(21)10-14(12-20)17-9-8-16(23-2)11-19(17)24-3/h4-9,11,14H,10H2,1-3H3/t14-/m0/s1. The van der Waals surface area contributed by atoms with Crippen LogP contribution in [0.15, 0.2) is 42.5 Å². The molecular formula is C19H19NO4. The van der Waals surface area contributed by atoms with Gasteiger partial charge in [-0.1, -0.05) is 6.07 Å². The van der Waals surface area contributed by atoms with Gasteiger partial charge in [0.2, 0.25) is 0 Å². The molecule has 0 unspecified atom stereocenters. The molecule has 1 atom stereocenters. The molecular weight excluding hydrogens is 306 g/mol. The zero-order chi connectivity index (χ0) is 17.5. The molecule has 2 rings (SSSR count). The molecule has 0 N–H and O–H groups in total. The number of carbonyl (C=O) groups is 1. The summed E-state index contributed by atoms with van der Waals surface area (Å²) in [6, 6.07) is 14.2. The summed E-state index contributed by atoms with van der Waals surface area (Å²) in [7, 11) is 4.65. The molecule has 0 aliphatic rings. The van der Waals surface area contributed by atoms with Crippen LogP contribution in [0.25, 0.3) is 0 Å². The molecule has 0 saturated carbocycles. The highest BCUT2D eigenvalue weighted by Crippen LogP contribution is 2.32. The summed E-state index contributed by atoms with van der Waals surface area (Å²) in [6.45, 7) is 0. The maximum Gasteiger partial charge on any atom is 0.164 e. The molecule has 0 amide bonds.